The molecular formula is C19H21N3O. The summed E-state index contributed by atoms with van der Waals surface area (Å²) in [6.45, 7) is 4.41. The molecule has 1 aromatic carbocycles. The number of nitrogens with zero attached hydrogens (tertiary/aromatic N) is 2. The van der Waals surface area contributed by atoms with Gasteiger partial charge in [-0.25, -0.2) is 0 Å². The lowest BCUT2D eigenvalue weighted by atomic mass is 10.0. The number of benzene rings is 1. The van der Waals surface area contributed by atoms with Crippen LogP contribution >= 0.6 is 0 Å². The van der Waals surface area contributed by atoms with Crippen molar-refractivity contribution in [3.05, 3.63) is 54.5 Å². The molecule has 0 aliphatic rings. The monoisotopic (exact) mass is 307 g/mol. The number of pyridine rings is 1. The van der Waals surface area contributed by atoms with E-state index in [-0.39, 0.29) is 11.8 Å². The van der Waals surface area contributed by atoms with Crippen molar-refractivity contribution < 1.29 is 4.79 Å². The Hall–Kier alpha value is -2.46. The second kappa shape index (κ2) is 6.34. The van der Waals surface area contributed by atoms with E-state index in [4.69, 9.17) is 5.73 Å². The highest BCUT2D eigenvalue weighted by atomic mass is 16.2. The number of rotatable bonds is 4. The van der Waals surface area contributed by atoms with Gasteiger partial charge in [-0.3, -0.25) is 14.3 Å². The minimum absolute atomic E-state index is 0.0131. The highest BCUT2D eigenvalue weighted by Gasteiger charge is 2.18. The minimum atomic E-state index is -0.0131. The van der Waals surface area contributed by atoms with Crippen LogP contribution in [0.2, 0.25) is 0 Å². The number of hydrogen-bond donors (Lipinski definition) is 1. The average molecular weight is 307 g/mol. The summed E-state index contributed by atoms with van der Waals surface area (Å²) in [4.78, 5) is 16.7. The molecule has 3 aromatic rings. The third-order valence-electron chi connectivity index (χ3n) is 4.39. The summed E-state index contributed by atoms with van der Waals surface area (Å²) in [5, 5.41) is 1.04. The summed E-state index contributed by atoms with van der Waals surface area (Å²) < 4.78 is 1.76. The largest absolute Gasteiger partial charge is 0.326 e. The first-order valence-electron chi connectivity index (χ1n) is 7.94. The van der Waals surface area contributed by atoms with Crippen LogP contribution in [-0.2, 0) is 6.54 Å². The molecular weight excluding hydrogens is 286 g/mol. The van der Waals surface area contributed by atoms with E-state index in [0.717, 1.165) is 34.0 Å². The molecule has 4 heteroatoms. The smallest absolute Gasteiger partial charge is 0.233 e. The molecule has 2 heterocycles. The zero-order valence-corrected chi connectivity index (χ0v) is 13.5. The highest BCUT2D eigenvalue weighted by molar-refractivity contribution is 5.97. The van der Waals surface area contributed by atoms with E-state index in [1.54, 1.807) is 17.0 Å². The van der Waals surface area contributed by atoms with Gasteiger partial charge in [0.25, 0.3) is 0 Å². The highest BCUT2D eigenvalue weighted by Crippen LogP contribution is 2.28. The van der Waals surface area contributed by atoms with Crippen LogP contribution < -0.4 is 5.73 Å². The lowest BCUT2D eigenvalue weighted by Crippen LogP contribution is -2.17. The predicted octanol–water partition coefficient (Wildman–Crippen LogP) is 3.85. The van der Waals surface area contributed by atoms with E-state index in [2.05, 4.69) is 17.1 Å². The third-order valence-corrected chi connectivity index (χ3v) is 4.39. The topological polar surface area (TPSA) is 60.9 Å². The van der Waals surface area contributed by atoms with Crippen LogP contribution in [0, 0.1) is 5.92 Å². The van der Waals surface area contributed by atoms with Gasteiger partial charge in [-0.2, -0.15) is 0 Å². The van der Waals surface area contributed by atoms with E-state index in [9.17, 15) is 4.79 Å². The Bertz CT molecular complexity index is 836. The second-order valence-corrected chi connectivity index (χ2v) is 5.84. The Labute approximate surface area is 136 Å². The number of aromatic nitrogens is 2. The molecule has 0 bridgehead atoms. The van der Waals surface area contributed by atoms with E-state index < -0.39 is 0 Å². The van der Waals surface area contributed by atoms with E-state index in [1.165, 1.54) is 0 Å². The molecule has 1 atom stereocenters. The van der Waals surface area contributed by atoms with Crippen molar-refractivity contribution in [1.82, 2.24) is 9.55 Å². The van der Waals surface area contributed by atoms with Crippen molar-refractivity contribution in [1.29, 1.82) is 0 Å². The third kappa shape index (κ3) is 2.78. The molecule has 0 saturated carbocycles. The molecule has 0 spiro atoms. The molecule has 0 fully saturated rings. The van der Waals surface area contributed by atoms with Crippen LogP contribution in [0.4, 0.5) is 0 Å². The molecule has 0 aliphatic heterocycles. The van der Waals surface area contributed by atoms with Crippen LogP contribution in [0.1, 0.15) is 30.6 Å². The van der Waals surface area contributed by atoms with Crippen LogP contribution in [0.15, 0.2) is 48.9 Å². The first-order chi connectivity index (χ1) is 11.2. The summed E-state index contributed by atoms with van der Waals surface area (Å²) in [7, 11) is 0. The first kappa shape index (κ1) is 15.4. The normalized spacial score (nSPS) is 12.5. The number of fused-ring (bicyclic) bond motifs is 1. The second-order valence-electron chi connectivity index (χ2n) is 5.84. The molecule has 2 N–H and O–H groups in total. The summed E-state index contributed by atoms with van der Waals surface area (Å²) in [5.41, 5.74) is 9.93. The fraction of sp³-hybridized carbons (Fsp3) is 0.263. The average Bonchev–Trinajstić information content (AvgIpc) is 2.99. The van der Waals surface area contributed by atoms with E-state index >= 15 is 0 Å². The molecule has 0 aliphatic carbocycles. The molecule has 4 nitrogen and oxygen atoms in total. The molecule has 2 aromatic heterocycles. The van der Waals surface area contributed by atoms with Gasteiger partial charge in [-0.1, -0.05) is 26.0 Å². The van der Waals surface area contributed by atoms with E-state index in [1.807, 2.05) is 38.2 Å². The maximum atomic E-state index is 12.7. The van der Waals surface area contributed by atoms with Crippen molar-refractivity contribution >= 4 is 16.8 Å². The Morgan fingerprint density at radius 2 is 1.96 bits per heavy atom. The zero-order valence-electron chi connectivity index (χ0n) is 13.5. The van der Waals surface area contributed by atoms with Gasteiger partial charge in [0.15, 0.2) is 0 Å². The lowest BCUT2D eigenvalue weighted by molar-refractivity contribution is 0.0847. The summed E-state index contributed by atoms with van der Waals surface area (Å²) in [6, 6.07) is 10.1. The van der Waals surface area contributed by atoms with Crippen LogP contribution in [0.5, 0.6) is 0 Å². The number of nitrogens with two attached hydrogens (primary N) is 1. The summed E-state index contributed by atoms with van der Waals surface area (Å²) >= 11 is 0. The number of carbonyl (C=O) groups excluding carboxylic acids is 1. The molecule has 23 heavy (non-hydrogen) atoms. The Kier molecular flexibility index (Phi) is 4.26. The number of carbonyl (C=O) groups is 1. The number of hydrogen-bond acceptors (Lipinski definition) is 3. The summed E-state index contributed by atoms with van der Waals surface area (Å²) in [5.74, 6) is 0.102. The van der Waals surface area contributed by atoms with Gasteiger partial charge < -0.3 is 5.73 Å². The van der Waals surface area contributed by atoms with Crippen molar-refractivity contribution in [3.8, 4) is 11.1 Å². The lowest BCUT2D eigenvalue weighted by Gasteiger charge is -2.10. The Morgan fingerprint density at radius 1 is 1.22 bits per heavy atom. The van der Waals surface area contributed by atoms with Gasteiger partial charge in [0, 0.05) is 36.4 Å². The molecule has 118 valence electrons. The SMILES string of the molecule is CCC(C)C(=O)n1cc(CN)c2ccc(-c3ccncc3)cc21. The van der Waals surface area contributed by atoms with Gasteiger partial charge in [0.2, 0.25) is 5.91 Å². The fourth-order valence-corrected chi connectivity index (χ4v) is 2.78. The van der Waals surface area contributed by atoms with Gasteiger partial charge in [-0.05, 0) is 41.3 Å². The molecule has 0 saturated heterocycles. The van der Waals surface area contributed by atoms with Crippen molar-refractivity contribution in [2.45, 2.75) is 26.8 Å². The minimum Gasteiger partial charge on any atom is -0.326 e. The van der Waals surface area contributed by atoms with Gasteiger partial charge in [-0.15, -0.1) is 0 Å². The molecule has 3 rings (SSSR count). The van der Waals surface area contributed by atoms with Crippen molar-refractivity contribution in [2.75, 3.05) is 0 Å². The predicted molar refractivity (Wildman–Crippen MR) is 93.1 cm³/mol. The van der Waals surface area contributed by atoms with Crippen molar-refractivity contribution in [2.24, 2.45) is 11.7 Å². The maximum absolute atomic E-state index is 12.7. The zero-order chi connectivity index (χ0) is 16.4. The van der Waals surface area contributed by atoms with Crippen LogP contribution in [0.25, 0.3) is 22.0 Å². The van der Waals surface area contributed by atoms with Crippen LogP contribution in [0.3, 0.4) is 0 Å². The maximum Gasteiger partial charge on any atom is 0.233 e. The van der Waals surface area contributed by atoms with Gasteiger partial charge in [0.05, 0.1) is 5.52 Å². The first-order valence-corrected chi connectivity index (χ1v) is 7.94. The Balaban J connectivity index is 2.18. The molecule has 1 unspecified atom stereocenters. The van der Waals surface area contributed by atoms with E-state index in [0.29, 0.717) is 6.54 Å². The summed E-state index contributed by atoms with van der Waals surface area (Å²) in [6.07, 6.45) is 6.25. The molecule has 0 amide bonds. The quantitative estimate of drug-likeness (QED) is 0.796. The Morgan fingerprint density at radius 3 is 2.61 bits per heavy atom. The van der Waals surface area contributed by atoms with Gasteiger partial charge in [0.1, 0.15) is 0 Å². The van der Waals surface area contributed by atoms with Crippen molar-refractivity contribution in [3.63, 3.8) is 0 Å². The molecule has 0 radical (unpaired) electrons. The standard InChI is InChI=1S/C19H21N3O/c1-3-13(2)19(23)22-12-16(11-20)17-5-4-15(10-18(17)22)14-6-8-21-9-7-14/h4-10,12-13H,3,11,20H2,1-2H3. The fourth-order valence-electron chi connectivity index (χ4n) is 2.78. The van der Waals surface area contributed by atoms with Gasteiger partial charge >= 0.3 is 0 Å². The van der Waals surface area contributed by atoms with Crippen LogP contribution in [-0.4, -0.2) is 15.5 Å².